The molecule has 0 aliphatic rings. The summed E-state index contributed by atoms with van der Waals surface area (Å²) in [4.78, 5) is 26.9. The maximum Gasteiger partial charge on any atom is 0.337 e. The molecule has 1 amide bonds. The number of rotatable bonds is 4. The van der Waals surface area contributed by atoms with Crippen molar-refractivity contribution >= 4 is 28.9 Å². The molecular weight excluding hydrogens is 268 g/mol. The number of thiophene rings is 1. The summed E-state index contributed by atoms with van der Waals surface area (Å²) in [5.74, 6) is -0.827. The van der Waals surface area contributed by atoms with Gasteiger partial charge in [-0.15, -0.1) is 11.3 Å². The van der Waals surface area contributed by atoms with Gasteiger partial charge < -0.3 is 15.2 Å². The lowest BCUT2D eigenvalue weighted by atomic mass is 10.2. The van der Waals surface area contributed by atoms with Gasteiger partial charge in [0.1, 0.15) is 5.75 Å². The second-order valence-corrected chi connectivity index (χ2v) is 4.48. The number of carbonyl (C=O) groups excluding carboxylic acids is 1. The van der Waals surface area contributed by atoms with Crippen molar-refractivity contribution in [3.63, 3.8) is 0 Å². The Morgan fingerprint density at radius 2 is 2.16 bits per heavy atom. The summed E-state index contributed by atoms with van der Waals surface area (Å²) < 4.78 is 4.99. The van der Waals surface area contributed by atoms with Gasteiger partial charge >= 0.3 is 5.97 Å². The number of aromatic nitrogens is 1. The van der Waals surface area contributed by atoms with Crippen molar-refractivity contribution in [3.8, 4) is 5.75 Å². The van der Waals surface area contributed by atoms with Crippen LogP contribution < -0.4 is 10.1 Å². The molecule has 0 aliphatic carbocycles. The number of nitrogens with zero attached hydrogens (tertiary/aromatic N) is 1. The Bertz CT molecular complexity index is 624. The largest absolute Gasteiger partial charge is 0.496 e. The highest BCUT2D eigenvalue weighted by molar-refractivity contribution is 7.12. The van der Waals surface area contributed by atoms with Crippen LogP contribution in [0.2, 0.25) is 0 Å². The number of nitrogens with one attached hydrogen (secondary N) is 1. The average Bonchev–Trinajstić information content (AvgIpc) is 2.88. The van der Waals surface area contributed by atoms with Gasteiger partial charge in [-0.1, -0.05) is 0 Å². The molecule has 0 aliphatic heterocycles. The van der Waals surface area contributed by atoms with Crippen molar-refractivity contribution < 1.29 is 19.4 Å². The van der Waals surface area contributed by atoms with Crippen LogP contribution in [-0.2, 0) is 0 Å². The van der Waals surface area contributed by atoms with Crippen LogP contribution in [0.15, 0.2) is 29.9 Å². The molecule has 98 valence electrons. The third-order valence-electron chi connectivity index (χ3n) is 2.28. The SMILES string of the molecule is COc1csc(C(=O)Nc2cncc(C(=O)O)c2)c1. The number of carbonyl (C=O) groups is 2. The van der Waals surface area contributed by atoms with E-state index in [0.717, 1.165) is 0 Å². The van der Waals surface area contributed by atoms with Crippen LogP contribution in [0.5, 0.6) is 5.75 Å². The van der Waals surface area contributed by atoms with E-state index in [1.807, 2.05) is 0 Å². The Balaban J connectivity index is 2.14. The monoisotopic (exact) mass is 278 g/mol. The molecule has 0 aromatic carbocycles. The number of ether oxygens (including phenoxy) is 1. The molecule has 0 fully saturated rings. The van der Waals surface area contributed by atoms with Crippen molar-refractivity contribution in [2.24, 2.45) is 0 Å². The minimum Gasteiger partial charge on any atom is -0.496 e. The zero-order chi connectivity index (χ0) is 13.8. The lowest BCUT2D eigenvalue weighted by Gasteiger charge is -2.03. The molecule has 2 aromatic heterocycles. The molecule has 0 radical (unpaired) electrons. The number of amides is 1. The summed E-state index contributed by atoms with van der Waals surface area (Å²) in [5.41, 5.74) is 0.346. The van der Waals surface area contributed by atoms with E-state index in [4.69, 9.17) is 9.84 Å². The highest BCUT2D eigenvalue weighted by Crippen LogP contribution is 2.22. The van der Waals surface area contributed by atoms with Crippen LogP contribution >= 0.6 is 11.3 Å². The van der Waals surface area contributed by atoms with Gasteiger partial charge in [0, 0.05) is 17.6 Å². The first-order valence-corrected chi connectivity index (χ1v) is 6.10. The molecule has 2 N–H and O–H groups in total. The molecule has 0 atom stereocenters. The molecule has 19 heavy (non-hydrogen) atoms. The van der Waals surface area contributed by atoms with E-state index in [1.165, 1.54) is 36.9 Å². The molecule has 0 saturated carbocycles. The molecule has 0 bridgehead atoms. The summed E-state index contributed by atoms with van der Waals surface area (Å²) in [5, 5.41) is 13.1. The lowest BCUT2D eigenvalue weighted by molar-refractivity contribution is 0.0696. The van der Waals surface area contributed by atoms with Gasteiger partial charge in [0.25, 0.3) is 5.91 Å². The van der Waals surface area contributed by atoms with E-state index in [-0.39, 0.29) is 11.5 Å². The Labute approximate surface area is 112 Å². The number of hydrogen-bond donors (Lipinski definition) is 2. The highest BCUT2D eigenvalue weighted by Gasteiger charge is 2.11. The zero-order valence-electron chi connectivity index (χ0n) is 9.91. The predicted molar refractivity (Wildman–Crippen MR) is 70.0 cm³/mol. The van der Waals surface area contributed by atoms with Crippen molar-refractivity contribution in [2.75, 3.05) is 12.4 Å². The smallest absolute Gasteiger partial charge is 0.337 e. The van der Waals surface area contributed by atoms with Gasteiger partial charge in [-0.05, 0) is 6.07 Å². The fourth-order valence-electron chi connectivity index (χ4n) is 1.36. The van der Waals surface area contributed by atoms with Crippen LogP contribution in [0.1, 0.15) is 20.0 Å². The van der Waals surface area contributed by atoms with E-state index in [9.17, 15) is 9.59 Å². The van der Waals surface area contributed by atoms with E-state index >= 15 is 0 Å². The van der Waals surface area contributed by atoms with Crippen LogP contribution in [0.25, 0.3) is 0 Å². The number of carboxylic acid groups (broad SMARTS) is 1. The summed E-state index contributed by atoms with van der Waals surface area (Å²) in [6.07, 6.45) is 2.60. The topological polar surface area (TPSA) is 88.5 Å². The van der Waals surface area contributed by atoms with Crippen LogP contribution in [0.3, 0.4) is 0 Å². The summed E-state index contributed by atoms with van der Waals surface area (Å²) >= 11 is 1.24. The van der Waals surface area contributed by atoms with Gasteiger partial charge in [0.05, 0.1) is 29.4 Å². The fraction of sp³-hybridized carbons (Fsp3) is 0.0833. The number of aromatic carboxylic acids is 1. The van der Waals surface area contributed by atoms with Crippen molar-refractivity contribution in [1.82, 2.24) is 4.98 Å². The number of carboxylic acids is 1. The Morgan fingerprint density at radius 3 is 2.79 bits per heavy atom. The van der Waals surface area contributed by atoms with E-state index in [0.29, 0.717) is 16.3 Å². The lowest BCUT2D eigenvalue weighted by Crippen LogP contribution is -2.11. The highest BCUT2D eigenvalue weighted by atomic mass is 32.1. The molecule has 2 aromatic rings. The van der Waals surface area contributed by atoms with E-state index < -0.39 is 5.97 Å². The van der Waals surface area contributed by atoms with Gasteiger partial charge in [-0.2, -0.15) is 0 Å². The van der Waals surface area contributed by atoms with Crippen LogP contribution in [0.4, 0.5) is 5.69 Å². The molecule has 7 heteroatoms. The third-order valence-corrected chi connectivity index (χ3v) is 3.19. The standard InChI is InChI=1S/C12H10N2O4S/c1-18-9-3-10(19-6-9)11(15)14-8-2-7(12(16)17)4-13-5-8/h2-6H,1H3,(H,14,15)(H,16,17). The van der Waals surface area contributed by atoms with Gasteiger partial charge in [-0.25, -0.2) is 4.79 Å². The Kier molecular flexibility index (Phi) is 3.76. The van der Waals surface area contributed by atoms with E-state index in [2.05, 4.69) is 10.3 Å². The zero-order valence-corrected chi connectivity index (χ0v) is 10.7. The van der Waals surface area contributed by atoms with Gasteiger partial charge in [0.15, 0.2) is 0 Å². The minimum absolute atomic E-state index is 0.0153. The van der Waals surface area contributed by atoms with Crippen molar-refractivity contribution in [2.45, 2.75) is 0 Å². The number of methoxy groups -OCH3 is 1. The second-order valence-electron chi connectivity index (χ2n) is 3.57. The average molecular weight is 278 g/mol. The maximum atomic E-state index is 11.9. The molecule has 0 unspecified atom stereocenters. The first-order chi connectivity index (χ1) is 9.10. The second kappa shape index (κ2) is 5.49. The first-order valence-electron chi connectivity index (χ1n) is 5.22. The molecule has 0 spiro atoms. The summed E-state index contributed by atoms with van der Waals surface area (Å²) in [6.45, 7) is 0. The predicted octanol–water partition coefficient (Wildman–Crippen LogP) is 2.10. The van der Waals surface area contributed by atoms with Crippen LogP contribution in [0, 0.1) is 0 Å². The fourth-order valence-corrected chi connectivity index (χ4v) is 2.11. The van der Waals surface area contributed by atoms with Crippen molar-refractivity contribution in [3.05, 3.63) is 40.3 Å². The van der Waals surface area contributed by atoms with E-state index in [1.54, 1.807) is 11.4 Å². The molecular formula is C12H10N2O4S. The Hall–Kier alpha value is -2.41. The van der Waals surface area contributed by atoms with Gasteiger partial charge in [0.2, 0.25) is 0 Å². The van der Waals surface area contributed by atoms with Crippen molar-refractivity contribution in [1.29, 1.82) is 0 Å². The summed E-state index contributed by atoms with van der Waals surface area (Å²) in [7, 11) is 1.52. The van der Waals surface area contributed by atoms with Crippen LogP contribution in [-0.4, -0.2) is 29.1 Å². The quantitative estimate of drug-likeness (QED) is 0.894. The maximum absolute atomic E-state index is 11.9. The Morgan fingerprint density at radius 1 is 1.37 bits per heavy atom. The molecule has 2 heterocycles. The molecule has 0 saturated heterocycles. The van der Waals surface area contributed by atoms with Gasteiger partial charge in [-0.3, -0.25) is 9.78 Å². The normalized spacial score (nSPS) is 9.95. The first kappa shape index (κ1) is 13.0. The minimum atomic E-state index is -1.10. The number of pyridine rings is 1. The number of anilines is 1. The number of hydrogen-bond acceptors (Lipinski definition) is 5. The third kappa shape index (κ3) is 3.08. The molecule has 6 nitrogen and oxygen atoms in total. The summed E-state index contributed by atoms with van der Waals surface area (Å²) in [6, 6.07) is 2.95. The molecule has 2 rings (SSSR count).